The third kappa shape index (κ3) is 2.54. The van der Waals surface area contributed by atoms with Gasteiger partial charge in [-0.05, 0) is 30.2 Å². The normalized spacial score (nSPS) is 16.8. The lowest BCUT2D eigenvalue weighted by Gasteiger charge is -2.12. The van der Waals surface area contributed by atoms with E-state index in [-0.39, 0.29) is 0 Å². The number of aliphatic imine (C=N–C) groups is 1. The van der Waals surface area contributed by atoms with Crippen molar-refractivity contribution in [1.29, 1.82) is 0 Å². The monoisotopic (exact) mass is 238 g/mol. The molecule has 2 N–H and O–H groups in total. The summed E-state index contributed by atoms with van der Waals surface area (Å²) in [5.41, 5.74) is 1.96. The van der Waals surface area contributed by atoms with E-state index in [9.17, 15) is 5.11 Å². The van der Waals surface area contributed by atoms with Gasteiger partial charge in [-0.25, -0.2) is 0 Å². The van der Waals surface area contributed by atoms with Crippen LogP contribution in [0.3, 0.4) is 0 Å². The van der Waals surface area contributed by atoms with Crippen molar-refractivity contribution in [1.82, 2.24) is 5.32 Å². The lowest BCUT2D eigenvalue weighted by molar-refractivity contribution is 0.198. The lowest BCUT2D eigenvalue weighted by atomic mass is 10.0. The molecule has 0 fully saturated rings. The number of nitrogens with zero attached hydrogens (tertiary/aromatic N) is 1. The van der Waals surface area contributed by atoms with E-state index in [4.69, 9.17) is 11.6 Å². The van der Waals surface area contributed by atoms with Crippen molar-refractivity contribution in [2.75, 3.05) is 13.1 Å². The molecule has 1 atom stereocenters. The van der Waals surface area contributed by atoms with E-state index in [2.05, 4.69) is 10.3 Å². The van der Waals surface area contributed by atoms with Crippen LogP contribution in [-0.4, -0.2) is 24.0 Å². The van der Waals surface area contributed by atoms with Crippen LogP contribution in [0.25, 0.3) is 0 Å². The minimum absolute atomic E-state index is 0.504. The zero-order chi connectivity index (χ0) is 11.5. The standard InChI is InChI=1S/C12H15ClN2O/c1-8(16)11-7-10(13)3-2-9(11)6-12-14-4-5-15-12/h2-3,7-8,16H,4-6H2,1H3,(H,14,15)/t8-/m0/s1. The molecule has 3 nitrogen and oxygen atoms in total. The predicted octanol–water partition coefficient (Wildman–Crippen LogP) is 1.94. The summed E-state index contributed by atoms with van der Waals surface area (Å²) in [6, 6.07) is 5.61. The molecular formula is C12H15ClN2O. The van der Waals surface area contributed by atoms with E-state index in [0.29, 0.717) is 5.02 Å². The summed E-state index contributed by atoms with van der Waals surface area (Å²) in [4.78, 5) is 4.34. The molecule has 0 saturated carbocycles. The molecule has 1 aromatic rings. The molecule has 0 saturated heterocycles. The van der Waals surface area contributed by atoms with Crippen LogP contribution in [0.15, 0.2) is 23.2 Å². The third-order valence-electron chi connectivity index (χ3n) is 2.66. The summed E-state index contributed by atoms with van der Waals surface area (Å²) in [7, 11) is 0. The number of aliphatic hydroxyl groups is 1. The second-order valence-electron chi connectivity index (χ2n) is 3.95. The molecule has 16 heavy (non-hydrogen) atoms. The summed E-state index contributed by atoms with van der Waals surface area (Å²) in [5, 5.41) is 13.6. The number of nitrogens with one attached hydrogen (secondary N) is 1. The summed E-state index contributed by atoms with van der Waals surface area (Å²) < 4.78 is 0. The van der Waals surface area contributed by atoms with Crippen LogP contribution in [0.1, 0.15) is 24.2 Å². The smallest absolute Gasteiger partial charge is 0.101 e. The number of hydrogen-bond donors (Lipinski definition) is 2. The van der Waals surface area contributed by atoms with Crippen molar-refractivity contribution >= 4 is 17.4 Å². The molecule has 0 radical (unpaired) electrons. The molecule has 0 aliphatic carbocycles. The van der Waals surface area contributed by atoms with Gasteiger partial charge >= 0.3 is 0 Å². The number of rotatable bonds is 3. The van der Waals surface area contributed by atoms with Crippen molar-refractivity contribution in [3.63, 3.8) is 0 Å². The molecule has 1 heterocycles. The van der Waals surface area contributed by atoms with Crippen LogP contribution >= 0.6 is 11.6 Å². The van der Waals surface area contributed by atoms with Gasteiger partial charge in [0.25, 0.3) is 0 Å². The maximum absolute atomic E-state index is 9.68. The van der Waals surface area contributed by atoms with Gasteiger partial charge in [0.05, 0.1) is 12.6 Å². The first-order chi connectivity index (χ1) is 7.66. The number of amidine groups is 1. The Morgan fingerprint density at radius 1 is 1.56 bits per heavy atom. The van der Waals surface area contributed by atoms with Crippen molar-refractivity contribution in [2.24, 2.45) is 4.99 Å². The van der Waals surface area contributed by atoms with E-state index in [1.165, 1.54) is 0 Å². The topological polar surface area (TPSA) is 44.6 Å². The second kappa shape index (κ2) is 4.85. The molecule has 1 aliphatic rings. The molecule has 0 unspecified atom stereocenters. The SMILES string of the molecule is C[C@H](O)c1cc(Cl)ccc1CC1=NCCN1. The first-order valence-corrected chi connectivity index (χ1v) is 5.78. The Morgan fingerprint density at radius 3 is 3.00 bits per heavy atom. The summed E-state index contributed by atoms with van der Waals surface area (Å²) in [6.07, 6.45) is 0.230. The van der Waals surface area contributed by atoms with Gasteiger partial charge in [-0.15, -0.1) is 0 Å². The number of hydrogen-bond acceptors (Lipinski definition) is 3. The Balaban J connectivity index is 2.25. The summed E-state index contributed by atoms with van der Waals surface area (Å²) in [5.74, 6) is 0.990. The molecule has 1 aliphatic heterocycles. The lowest BCUT2D eigenvalue weighted by Crippen LogP contribution is -2.21. The quantitative estimate of drug-likeness (QED) is 0.845. The molecule has 2 rings (SSSR count). The van der Waals surface area contributed by atoms with Gasteiger partial charge in [0.1, 0.15) is 5.84 Å². The molecule has 86 valence electrons. The van der Waals surface area contributed by atoms with Crippen LogP contribution in [0.4, 0.5) is 0 Å². The Bertz CT molecular complexity index is 415. The van der Waals surface area contributed by atoms with E-state index >= 15 is 0 Å². The van der Waals surface area contributed by atoms with Crippen molar-refractivity contribution in [3.8, 4) is 0 Å². The molecule has 0 bridgehead atoms. The molecule has 0 aromatic heterocycles. The Kier molecular flexibility index (Phi) is 3.46. The van der Waals surface area contributed by atoms with Crippen LogP contribution in [0.2, 0.25) is 5.02 Å². The van der Waals surface area contributed by atoms with Crippen LogP contribution < -0.4 is 5.32 Å². The van der Waals surface area contributed by atoms with Gasteiger partial charge in [-0.3, -0.25) is 4.99 Å². The Hall–Kier alpha value is -1.06. The Morgan fingerprint density at radius 2 is 2.38 bits per heavy atom. The molecule has 4 heteroatoms. The van der Waals surface area contributed by atoms with Gasteiger partial charge < -0.3 is 10.4 Å². The van der Waals surface area contributed by atoms with E-state index < -0.39 is 6.10 Å². The van der Waals surface area contributed by atoms with Crippen molar-refractivity contribution in [3.05, 3.63) is 34.3 Å². The van der Waals surface area contributed by atoms with E-state index in [0.717, 1.165) is 36.5 Å². The van der Waals surface area contributed by atoms with Gasteiger partial charge in [-0.1, -0.05) is 17.7 Å². The number of benzene rings is 1. The van der Waals surface area contributed by atoms with Crippen molar-refractivity contribution < 1.29 is 5.11 Å². The highest BCUT2D eigenvalue weighted by atomic mass is 35.5. The molecule has 0 amide bonds. The minimum Gasteiger partial charge on any atom is -0.389 e. The minimum atomic E-state index is -0.504. The zero-order valence-corrected chi connectivity index (χ0v) is 9.96. The third-order valence-corrected chi connectivity index (χ3v) is 2.89. The maximum Gasteiger partial charge on any atom is 0.101 e. The first-order valence-electron chi connectivity index (χ1n) is 5.40. The maximum atomic E-state index is 9.68. The van der Waals surface area contributed by atoms with Crippen molar-refractivity contribution in [2.45, 2.75) is 19.4 Å². The average molecular weight is 239 g/mol. The molecule has 1 aromatic carbocycles. The zero-order valence-electron chi connectivity index (χ0n) is 9.20. The van der Waals surface area contributed by atoms with Gasteiger partial charge in [0.15, 0.2) is 0 Å². The predicted molar refractivity (Wildman–Crippen MR) is 66.1 cm³/mol. The fourth-order valence-corrected chi connectivity index (χ4v) is 2.04. The van der Waals surface area contributed by atoms with Crippen LogP contribution in [0.5, 0.6) is 0 Å². The van der Waals surface area contributed by atoms with Crippen LogP contribution in [0, 0.1) is 0 Å². The fraction of sp³-hybridized carbons (Fsp3) is 0.417. The second-order valence-corrected chi connectivity index (χ2v) is 4.39. The highest BCUT2D eigenvalue weighted by Gasteiger charge is 2.12. The summed E-state index contributed by atoms with van der Waals surface area (Å²) >= 11 is 5.92. The molecular weight excluding hydrogens is 224 g/mol. The fourth-order valence-electron chi connectivity index (χ4n) is 1.86. The van der Waals surface area contributed by atoms with Crippen LogP contribution in [-0.2, 0) is 6.42 Å². The van der Waals surface area contributed by atoms with Gasteiger partial charge in [0, 0.05) is 18.0 Å². The Labute approximate surface area is 100 Å². The van der Waals surface area contributed by atoms with Gasteiger partial charge in [0.2, 0.25) is 0 Å². The van der Waals surface area contributed by atoms with Gasteiger partial charge in [-0.2, -0.15) is 0 Å². The first kappa shape index (κ1) is 11.4. The van der Waals surface area contributed by atoms with E-state index in [1.54, 1.807) is 6.92 Å². The average Bonchev–Trinajstić information content (AvgIpc) is 2.73. The van der Waals surface area contributed by atoms with E-state index in [1.807, 2.05) is 18.2 Å². The largest absolute Gasteiger partial charge is 0.389 e. The highest BCUT2D eigenvalue weighted by molar-refractivity contribution is 6.30. The summed E-state index contributed by atoms with van der Waals surface area (Å²) in [6.45, 7) is 3.50. The highest BCUT2D eigenvalue weighted by Crippen LogP contribution is 2.23. The number of aliphatic hydroxyl groups excluding tert-OH is 1. The number of halogens is 1. The molecule has 0 spiro atoms.